The number of carbonyl (C=O) groups is 2. The van der Waals surface area contributed by atoms with Crippen LogP contribution >= 0.6 is 0 Å². The van der Waals surface area contributed by atoms with E-state index in [0.29, 0.717) is 44.5 Å². The van der Waals surface area contributed by atoms with E-state index in [2.05, 4.69) is 22.5 Å². The third kappa shape index (κ3) is 3.81. The van der Waals surface area contributed by atoms with Crippen molar-refractivity contribution in [3.63, 3.8) is 0 Å². The van der Waals surface area contributed by atoms with E-state index in [1.165, 1.54) is 6.20 Å². The Morgan fingerprint density at radius 2 is 1.97 bits per heavy atom. The van der Waals surface area contributed by atoms with E-state index >= 15 is 0 Å². The van der Waals surface area contributed by atoms with Crippen molar-refractivity contribution in [3.8, 4) is 0 Å². The summed E-state index contributed by atoms with van der Waals surface area (Å²) in [6.45, 7) is 3.47. The molecule has 1 aliphatic carbocycles. The Bertz CT molecular complexity index is 781. The lowest BCUT2D eigenvalue weighted by Gasteiger charge is -2.53. The number of rotatable bonds is 3. The normalized spacial score (nSPS) is 29.2. The molecule has 2 aliphatic heterocycles. The molecule has 2 fully saturated rings. The highest BCUT2D eigenvalue weighted by Gasteiger charge is 2.54. The van der Waals surface area contributed by atoms with E-state index in [9.17, 15) is 14.7 Å². The van der Waals surface area contributed by atoms with Crippen molar-refractivity contribution in [1.29, 1.82) is 0 Å². The summed E-state index contributed by atoms with van der Waals surface area (Å²) in [4.78, 5) is 31.3. The molecule has 0 saturated carbocycles. The van der Waals surface area contributed by atoms with Gasteiger partial charge in [0.15, 0.2) is 0 Å². The monoisotopic (exact) mass is 399 g/mol. The van der Waals surface area contributed by atoms with Gasteiger partial charge in [0.05, 0.1) is 16.7 Å². The van der Waals surface area contributed by atoms with E-state index < -0.39 is 17.2 Å². The molecule has 7 heteroatoms. The third-order valence-corrected chi connectivity index (χ3v) is 6.71. The SMILES string of the molecule is C[C@]1(NC(=O)c2cccnc2)CCOC2(CCN(C(=O)C3CC=CC3)CC2)[C@@H]1O. The first-order valence-electron chi connectivity index (χ1n) is 10.4. The van der Waals surface area contributed by atoms with Gasteiger partial charge in [0.25, 0.3) is 5.91 Å². The number of carbonyl (C=O) groups excluding carboxylic acids is 2. The van der Waals surface area contributed by atoms with Crippen molar-refractivity contribution in [1.82, 2.24) is 15.2 Å². The number of pyridine rings is 1. The Morgan fingerprint density at radius 3 is 2.62 bits per heavy atom. The van der Waals surface area contributed by atoms with Gasteiger partial charge in [-0.1, -0.05) is 12.2 Å². The summed E-state index contributed by atoms with van der Waals surface area (Å²) in [5, 5.41) is 14.3. The van der Waals surface area contributed by atoms with E-state index in [0.717, 1.165) is 12.8 Å². The quantitative estimate of drug-likeness (QED) is 0.755. The maximum Gasteiger partial charge on any atom is 0.253 e. The van der Waals surface area contributed by atoms with Crippen LogP contribution in [-0.2, 0) is 9.53 Å². The zero-order chi connectivity index (χ0) is 20.5. The number of aromatic nitrogens is 1. The molecule has 1 aromatic rings. The molecule has 0 unspecified atom stereocenters. The number of ether oxygens (including phenoxy) is 1. The fourth-order valence-electron chi connectivity index (χ4n) is 4.82. The third-order valence-electron chi connectivity index (χ3n) is 6.71. The molecule has 1 aromatic heterocycles. The van der Waals surface area contributed by atoms with Crippen LogP contribution in [0.1, 0.15) is 49.4 Å². The van der Waals surface area contributed by atoms with Crippen molar-refractivity contribution >= 4 is 11.8 Å². The summed E-state index contributed by atoms with van der Waals surface area (Å²) in [7, 11) is 0. The van der Waals surface area contributed by atoms with Crippen LogP contribution in [0, 0.1) is 5.92 Å². The van der Waals surface area contributed by atoms with Crippen LogP contribution in [0.2, 0.25) is 0 Å². The standard InChI is InChI=1S/C22H29N3O4/c1-21(24-18(26)17-7-4-11-23-15-17)10-14-29-22(20(21)28)8-12-25(13-9-22)19(27)16-5-2-3-6-16/h2-4,7,11,15-16,20,28H,5-6,8-10,12-14H2,1H3,(H,24,26)/t20-,21+/m1/s1. The largest absolute Gasteiger partial charge is 0.388 e. The van der Waals surface area contributed by atoms with Crippen LogP contribution in [0.25, 0.3) is 0 Å². The number of aliphatic hydroxyl groups is 1. The molecule has 0 aromatic carbocycles. The summed E-state index contributed by atoms with van der Waals surface area (Å²) in [6, 6.07) is 3.42. The van der Waals surface area contributed by atoms with Crippen molar-refractivity contribution in [2.75, 3.05) is 19.7 Å². The molecule has 0 radical (unpaired) electrons. The van der Waals surface area contributed by atoms with Gasteiger partial charge in [-0.3, -0.25) is 14.6 Å². The van der Waals surface area contributed by atoms with Gasteiger partial charge >= 0.3 is 0 Å². The lowest BCUT2D eigenvalue weighted by Crippen LogP contribution is -2.69. The Morgan fingerprint density at radius 1 is 1.24 bits per heavy atom. The van der Waals surface area contributed by atoms with Gasteiger partial charge in [0.1, 0.15) is 6.10 Å². The molecule has 3 heterocycles. The number of likely N-dealkylation sites (tertiary alicyclic amines) is 1. The smallest absolute Gasteiger partial charge is 0.253 e. The molecule has 0 bridgehead atoms. The van der Waals surface area contributed by atoms with E-state index in [-0.39, 0.29) is 17.7 Å². The average molecular weight is 399 g/mol. The Balaban J connectivity index is 1.42. The molecular weight excluding hydrogens is 370 g/mol. The first-order valence-corrected chi connectivity index (χ1v) is 10.4. The van der Waals surface area contributed by atoms with Crippen LogP contribution < -0.4 is 5.32 Å². The second-order valence-electron chi connectivity index (χ2n) is 8.64. The molecular formula is C22H29N3O4. The first-order chi connectivity index (χ1) is 13.9. The van der Waals surface area contributed by atoms with Gasteiger partial charge in [-0.25, -0.2) is 0 Å². The van der Waals surface area contributed by atoms with Crippen LogP contribution in [0.4, 0.5) is 0 Å². The highest BCUT2D eigenvalue weighted by Crippen LogP contribution is 2.40. The lowest BCUT2D eigenvalue weighted by atomic mass is 9.73. The van der Waals surface area contributed by atoms with Gasteiger partial charge < -0.3 is 20.1 Å². The number of allylic oxidation sites excluding steroid dienone is 2. The van der Waals surface area contributed by atoms with Gasteiger partial charge in [0, 0.05) is 38.0 Å². The Kier molecular flexibility index (Phi) is 5.44. The summed E-state index contributed by atoms with van der Waals surface area (Å²) in [5.74, 6) is 0.00567. The molecule has 1 spiro atoms. The number of piperidine rings is 1. The maximum absolute atomic E-state index is 12.7. The molecule has 2 N–H and O–H groups in total. The highest BCUT2D eigenvalue weighted by atomic mass is 16.5. The van der Waals surface area contributed by atoms with E-state index in [1.54, 1.807) is 18.3 Å². The summed E-state index contributed by atoms with van der Waals surface area (Å²) in [5.41, 5.74) is -1.07. The maximum atomic E-state index is 12.7. The molecule has 156 valence electrons. The number of hydrogen-bond donors (Lipinski definition) is 2. The van der Waals surface area contributed by atoms with Crippen LogP contribution in [0.3, 0.4) is 0 Å². The van der Waals surface area contributed by atoms with Crippen LogP contribution in [-0.4, -0.2) is 63.7 Å². The van der Waals surface area contributed by atoms with Gasteiger partial charge in [-0.2, -0.15) is 0 Å². The van der Waals surface area contributed by atoms with Crippen molar-refractivity contribution in [2.24, 2.45) is 5.92 Å². The minimum atomic E-state index is -0.852. The number of amides is 2. The van der Waals surface area contributed by atoms with E-state index in [1.807, 2.05) is 11.8 Å². The summed E-state index contributed by atoms with van der Waals surface area (Å²) >= 11 is 0. The second kappa shape index (κ2) is 7.88. The lowest BCUT2D eigenvalue weighted by molar-refractivity contribution is -0.206. The fourth-order valence-corrected chi connectivity index (χ4v) is 4.82. The number of nitrogens with zero attached hydrogens (tertiary/aromatic N) is 2. The number of aliphatic hydroxyl groups excluding tert-OH is 1. The zero-order valence-electron chi connectivity index (χ0n) is 16.8. The molecule has 7 nitrogen and oxygen atoms in total. The Hall–Kier alpha value is -2.25. The molecule has 4 rings (SSSR count). The molecule has 2 atom stereocenters. The second-order valence-corrected chi connectivity index (χ2v) is 8.64. The summed E-state index contributed by atoms with van der Waals surface area (Å²) < 4.78 is 6.09. The molecule has 29 heavy (non-hydrogen) atoms. The van der Waals surface area contributed by atoms with Crippen molar-refractivity contribution in [3.05, 3.63) is 42.2 Å². The average Bonchev–Trinajstić information content (AvgIpc) is 3.28. The summed E-state index contributed by atoms with van der Waals surface area (Å²) in [6.07, 6.45) is 9.72. The minimum absolute atomic E-state index is 0.0604. The minimum Gasteiger partial charge on any atom is -0.388 e. The van der Waals surface area contributed by atoms with Gasteiger partial charge in [-0.15, -0.1) is 0 Å². The van der Waals surface area contributed by atoms with Crippen LogP contribution in [0.5, 0.6) is 0 Å². The fraction of sp³-hybridized carbons (Fsp3) is 0.591. The zero-order valence-corrected chi connectivity index (χ0v) is 16.8. The Labute approximate surface area is 171 Å². The number of hydrogen-bond acceptors (Lipinski definition) is 5. The predicted octanol–water partition coefficient (Wildman–Crippen LogP) is 1.68. The van der Waals surface area contributed by atoms with Gasteiger partial charge in [-0.05, 0) is 51.2 Å². The van der Waals surface area contributed by atoms with Gasteiger partial charge in [0.2, 0.25) is 5.91 Å². The topological polar surface area (TPSA) is 91.8 Å². The highest BCUT2D eigenvalue weighted by molar-refractivity contribution is 5.94. The molecule has 3 aliphatic rings. The van der Waals surface area contributed by atoms with E-state index in [4.69, 9.17) is 4.74 Å². The first kappa shape index (κ1) is 20.0. The van der Waals surface area contributed by atoms with Crippen molar-refractivity contribution < 1.29 is 19.4 Å². The predicted molar refractivity (Wildman–Crippen MR) is 107 cm³/mol. The molecule has 2 amide bonds. The molecule has 2 saturated heterocycles. The number of nitrogens with one attached hydrogen (secondary N) is 1. The van der Waals surface area contributed by atoms with Crippen LogP contribution in [0.15, 0.2) is 36.7 Å². The van der Waals surface area contributed by atoms with Crippen molar-refractivity contribution in [2.45, 2.75) is 56.3 Å².